The van der Waals surface area contributed by atoms with E-state index in [9.17, 15) is 31.1 Å². The highest BCUT2D eigenvalue weighted by molar-refractivity contribution is 6.33. The first-order chi connectivity index (χ1) is 15.6. The summed E-state index contributed by atoms with van der Waals surface area (Å²) in [6, 6.07) is 9.48. The molecule has 180 valence electrons. The van der Waals surface area contributed by atoms with Crippen molar-refractivity contribution in [3.8, 4) is 11.1 Å². The summed E-state index contributed by atoms with van der Waals surface area (Å²) in [6.07, 6.45) is -7.16. The molecule has 10 heteroatoms. The molecule has 0 N–H and O–H groups in total. The number of aromatic nitrogens is 1. The summed E-state index contributed by atoms with van der Waals surface area (Å²) < 4.78 is 80.1. The van der Waals surface area contributed by atoms with E-state index < -0.39 is 40.4 Å². The van der Waals surface area contributed by atoms with Crippen molar-refractivity contribution >= 4 is 23.2 Å². The third kappa shape index (κ3) is 5.04. The van der Waals surface area contributed by atoms with Crippen LogP contribution in [-0.2, 0) is 22.6 Å². The van der Waals surface area contributed by atoms with Gasteiger partial charge >= 0.3 is 12.4 Å². The minimum atomic E-state index is -5.02. The lowest BCUT2D eigenvalue weighted by atomic mass is 9.81. The molecule has 0 atom stereocenters. The van der Waals surface area contributed by atoms with Gasteiger partial charge in [0, 0.05) is 35.6 Å². The number of alkyl halides is 6. The number of nitrogens with zero attached hydrogens (tertiary/aromatic N) is 2. The van der Waals surface area contributed by atoms with E-state index in [2.05, 4.69) is 4.98 Å². The van der Waals surface area contributed by atoms with E-state index in [4.69, 9.17) is 11.6 Å². The minimum absolute atomic E-state index is 0.0339. The first-order valence-electron chi connectivity index (χ1n) is 9.91. The number of carbonyl (C=O) groups excluding carboxylic acids is 1. The molecule has 2 aromatic carbocycles. The fraction of sp³-hybridized carbons (Fsp3) is 0.250. The van der Waals surface area contributed by atoms with E-state index in [1.165, 1.54) is 44.3 Å². The highest BCUT2D eigenvalue weighted by Gasteiger charge is 2.41. The number of halogens is 7. The second-order valence-electron chi connectivity index (χ2n) is 8.16. The van der Waals surface area contributed by atoms with Gasteiger partial charge in [-0.3, -0.25) is 9.78 Å². The van der Waals surface area contributed by atoms with E-state index in [-0.39, 0.29) is 6.07 Å². The Morgan fingerprint density at radius 1 is 0.853 bits per heavy atom. The summed E-state index contributed by atoms with van der Waals surface area (Å²) in [7, 11) is 1.39. The zero-order valence-corrected chi connectivity index (χ0v) is 19.0. The lowest BCUT2D eigenvalue weighted by Crippen LogP contribution is -2.42. The fourth-order valence-electron chi connectivity index (χ4n) is 3.53. The first-order valence-corrected chi connectivity index (χ1v) is 10.3. The molecule has 1 amide bonds. The summed E-state index contributed by atoms with van der Waals surface area (Å²) >= 11 is 6.28. The van der Waals surface area contributed by atoms with E-state index in [1.807, 2.05) is 0 Å². The number of rotatable bonds is 4. The summed E-state index contributed by atoms with van der Waals surface area (Å²) in [5.74, 6) is -0.723. The van der Waals surface area contributed by atoms with Gasteiger partial charge < -0.3 is 4.90 Å². The molecule has 0 radical (unpaired) electrons. The molecule has 0 unspecified atom stereocenters. The molecular weight excluding hydrogens is 482 g/mol. The lowest BCUT2D eigenvalue weighted by molar-refractivity contribution is -0.143. The molecule has 34 heavy (non-hydrogen) atoms. The third-order valence-electron chi connectivity index (χ3n) is 5.47. The molecule has 0 saturated heterocycles. The van der Waals surface area contributed by atoms with Crippen molar-refractivity contribution in [3.63, 3.8) is 0 Å². The Hall–Kier alpha value is -3.07. The van der Waals surface area contributed by atoms with Gasteiger partial charge in [-0.25, -0.2) is 0 Å². The SMILES string of the molecule is CN(C(=O)C(C)(C)c1cc(C(F)(F)F)cc(C(F)(F)F)c1)c1ccncc1-c1ccccc1Cl. The van der Waals surface area contributed by atoms with Gasteiger partial charge in [-0.05, 0) is 49.7 Å². The van der Waals surface area contributed by atoms with Crippen LogP contribution in [0.25, 0.3) is 11.1 Å². The van der Waals surface area contributed by atoms with Crippen molar-refractivity contribution in [3.05, 3.63) is 82.6 Å². The Kier molecular flexibility index (Phi) is 6.72. The van der Waals surface area contributed by atoms with Crippen molar-refractivity contribution in [2.75, 3.05) is 11.9 Å². The number of hydrogen-bond donors (Lipinski definition) is 0. The number of anilines is 1. The van der Waals surface area contributed by atoms with Crippen molar-refractivity contribution in [1.29, 1.82) is 0 Å². The molecule has 0 spiro atoms. The molecule has 0 aliphatic carbocycles. The molecule has 0 fully saturated rings. The van der Waals surface area contributed by atoms with Gasteiger partial charge in [-0.15, -0.1) is 0 Å². The van der Waals surface area contributed by atoms with Crippen LogP contribution >= 0.6 is 11.6 Å². The van der Waals surface area contributed by atoms with Crippen LogP contribution in [0.15, 0.2) is 60.9 Å². The lowest BCUT2D eigenvalue weighted by Gasteiger charge is -2.32. The Morgan fingerprint density at radius 3 is 1.91 bits per heavy atom. The number of likely N-dealkylation sites (N-methyl/N-ethyl adjacent to an activating group) is 1. The van der Waals surface area contributed by atoms with Crippen LogP contribution in [0.4, 0.5) is 32.0 Å². The van der Waals surface area contributed by atoms with Crippen LogP contribution in [0.3, 0.4) is 0 Å². The van der Waals surface area contributed by atoms with Gasteiger partial charge in [0.25, 0.3) is 0 Å². The molecule has 0 saturated carbocycles. The normalized spacial score (nSPS) is 12.5. The summed E-state index contributed by atoms with van der Waals surface area (Å²) in [5.41, 5.74) is -3.76. The molecular formula is C24H19ClF6N2O. The van der Waals surface area contributed by atoms with Gasteiger partial charge in [-0.1, -0.05) is 29.8 Å². The Labute approximate surface area is 197 Å². The maximum absolute atomic E-state index is 13.5. The Bertz CT molecular complexity index is 1190. The van der Waals surface area contributed by atoms with E-state index >= 15 is 0 Å². The van der Waals surface area contributed by atoms with Gasteiger partial charge in [-0.2, -0.15) is 26.3 Å². The van der Waals surface area contributed by atoms with Gasteiger partial charge in [0.2, 0.25) is 5.91 Å². The van der Waals surface area contributed by atoms with Crippen LogP contribution in [0.5, 0.6) is 0 Å². The van der Waals surface area contributed by atoms with Crippen molar-refractivity contribution in [2.24, 2.45) is 0 Å². The van der Waals surface area contributed by atoms with Crippen LogP contribution in [0, 0.1) is 0 Å². The van der Waals surface area contributed by atoms with Crippen molar-refractivity contribution in [2.45, 2.75) is 31.6 Å². The van der Waals surface area contributed by atoms with Crippen LogP contribution in [-0.4, -0.2) is 17.9 Å². The van der Waals surface area contributed by atoms with Gasteiger partial charge in [0.15, 0.2) is 0 Å². The zero-order chi connectivity index (χ0) is 25.5. The molecule has 0 aliphatic rings. The van der Waals surface area contributed by atoms with Gasteiger partial charge in [0.1, 0.15) is 0 Å². The number of pyridine rings is 1. The quantitative estimate of drug-likeness (QED) is 0.350. The average molecular weight is 501 g/mol. The number of benzene rings is 2. The summed E-state index contributed by atoms with van der Waals surface area (Å²) in [4.78, 5) is 18.7. The topological polar surface area (TPSA) is 33.2 Å². The monoisotopic (exact) mass is 500 g/mol. The number of carbonyl (C=O) groups is 1. The van der Waals surface area contributed by atoms with E-state index in [0.717, 1.165) is 0 Å². The Morgan fingerprint density at radius 2 is 1.38 bits per heavy atom. The first kappa shape index (κ1) is 25.6. The Balaban J connectivity index is 2.10. The second-order valence-corrected chi connectivity index (χ2v) is 8.56. The predicted octanol–water partition coefficient (Wildman–Crippen LogP) is 7.38. The van der Waals surface area contributed by atoms with Crippen molar-refractivity contribution < 1.29 is 31.1 Å². The standard InChI is InChI=1S/C24H19ClF6N2O/c1-22(2,14-10-15(23(26,27)28)12-16(11-14)24(29,30)31)21(34)33(3)20-8-9-32-13-18(20)17-6-4-5-7-19(17)25/h4-13H,1-3H3. The highest BCUT2D eigenvalue weighted by atomic mass is 35.5. The average Bonchev–Trinajstić information content (AvgIpc) is 2.77. The highest BCUT2D eigenvalue weighted by Crippen LogP contribution is 2.41. The second kappa shape index (κ2) is 8.94. The van der Waals surface area contributed by atoms with Crippen LogP contribution < -0.4 is 4.90 Å². The molecule has 1 aromatic heterocycles. The largest absolute Gasteiger partial charge is 0.416 e. The smallest absolute Gasteiger partial charge is 0.314 e. The molecule has 0 bridgehead atoms. The van der Waals surface area contributed by atoms with Gasteiger partial charge in [0.05, 0.1) is 22.2 Å². The molecule has 1 heterocycles. The fourth-order valence-corrected chi connectivity index (χ4v) is 3.77. The number of amides is 1. The van der Waals surface area contributed by atoms with Crippen LogP contribution in [0.1, 0.15) is 30.5 Å². The summed E-state index contributed by atoms with van der Waals surface area (Å²) in [5, 5.41) is 0.379. The third-order valence-corrected chi connectivity index (χ3v) is 5.80. The maximum Gasteiger partial charge on any atom is 0.416 e. The maximum atomic E-state index is 13.5. The zero-order valence-electron chi connectivity index (χ0n) is 18.2. The van der Waals surface area contributed by atoms with Crippen LogP contribution in [0.2, 0.25) is 5.02 Å². The molecule has 0 aliphatic heterocycles. The molecule has 3 aromatic rings. The number of hydrogen-bond acceptors (Lipinski definition) is 2. The van der Waals surface area contributed by atoms with E-state index in [1.54, 1.807) is 24.3 Å². The summed E-state index contributed by atoms with van der Waals surface area (Å²) in [6.45, 7) is 2.55. The van der Waals surface area contributed by atoms with Crippen molar-refractivity contribution in [1.82, 2.24) is 4.98 Å². The van der Waals surface area contributed by atoms with E-state index in [0.29, 0.717) is 34.0 Å². The molecule has 3 rings (SSSR count). The predicted molar refractivity (Wildman–Crippen MR) is 118 cm³/mol. The molecule has 3 nitrogen and oxygen atoms in total. The minimum Gasteiger partial charge on any atom is -0.314 e.